The van der Waals surface area contributed by atoms with Crippen LogP contribution in [0.25, 0.3) is 0 Å². The Hall–Kier alpha value is -3.47. The lowest BCUT2D eigenvalue weighted by Crippen LogP contribution is -2.12. The molecule has 2 aliphatic rings. The van der Waals surface area contributed by atoms with Crippen LogP contribution in [-0.4, -0.2) is 29.9 Å². The maximum atomic E-state index is 6.33. The van der Waals surface area contributed by atoms with Crippen molar-refractivity contribution in [3.63, 3.8) is 0 Å². The van der Waals surface area contributed by atoms with Crippen molar-refractivity contribution in [2.45, 2.75) is 12.1 Å². The second kappa shape index (κ2) is 7.27. The van der Waals surface area contributed by atoms with Crippen molar-refractivity contribution in [2.24, 2.45) is 9.98 Å². The second-order valence-corrected chi connectivity index (χ2v) is 6.68. The third-order valence-electron chi connectivity index (χ3n) is 4.82. The minimum absolute atomic E-state index is 0.121. The van der Waals surface area contributed by atoms with E-state index in [1.165, 1.54) is 0 Å². The summed E-state index contributed by atoms with van der Waals surface area (Å²) in [5, 5.41) is 0. The zero-order chi connectivity index (χ0) is 18.8. The number of hydrogen-bond donors (Lipinski definition) is 0. The third kappa shape index (κ3) is 3.16. The average Bonchev–Trinajstić information content (AvgIpc) is 3.46. The van der Waals surface area contributed by atoms with Crippen LogP contribution in [0, 0.1) is 0 Å². The number of ether oxygens (including phenoxy) is 2. The molecule has 3 heterocycles. The van der Waals surface area contributed by atoms with E-state index >= 15 is 0 Å². The van der Waals surface area contributed by atoms with Gasteiger partial charge in [-0.3, -0.25) is 0 Å². The van der Waals surface area contributed by atoms with E-state index in [4.69, 9.17) is 14.5 Å². The summed E-state index contributed by atoms with van der Waals surface area (Å²) in [7, 11) is 0. The second-order valence-electron chi connectivity index (χ2n) is 6.68. The average molecular weight is 369 g/mol. The van der Waals surface area contributed by atoms with Crippen LogP contribution in [0.1, 0.15) is 34.7 Å². The van der Waals surface area contributed by atoms with Gasteiger partial charge in [0, 0.05) is 0 Å². The molecule has 0 bridgehead atoms. The van der Waals surface area contributed by atoms with E-state index < -0.39 is 0 Å². The summed E-state index contributed by atoms with van der Waals surface area (Å²) < 4.78 is 11.9. The van der Waals surface area contributed by atoms with Crippen LogP contribution in [0.4, 0.5) is 0 Å². The maximum absolute atomic E-state index is 6.33. The molecular weight excluding hydrogens is 350 g/mol. The fraction of sp³-hybridized carbons (Fsp3) is 0.174. The number of hydrogen-bond acceptors (Lipinski definition) is 5. The molecule has 5 rings (SSSR count). The Morgan fingerprint density at radius 2 is 1.39 bits per heavy atom. The molecule has 0 saturated heterocycles. The lowest BCUT2D eigenvalue weighted by Gasteiger charge is -2.18. The van der Waals surface area contributed by atoms with Crippen LogP contribution in [0.3, 0.4) is 0 Å². The summed E-state index contributed by atoms with van der Waals surface area (Å²) >= 11 is 0. The standard InChI is InChI=1S/C23H19N3O2/c1-3-8-16(9-4-1)20-21(17-10-5-2-6-11-17)28-23(26-20)19-13-7-12-18(25-19)22-24-14-15-27-22/h1-13,20-21H,14-15H2/t20-,21+/m0/s1. The molecule has 138 valence electrons. The highest BCUT2D eigenvalue weighted by molar-refractivity contribution is 5.97. The zero-order valence-corrected chi connectivity index (χ0v) is 15.2. The van der Waals surface area contributed by atoms with Gasteiger partial charge in [0.25, 0.3) is 0 Å². The molecule has 0 spiro atoms. The highest BCUT2D eigenvalue weighted by Gasteiger charge is 2.34. The molecule has 0 unspecified atom stereocenters. The Labute approximate surface area is 163 Å². The van der Waals surface area contributed by atoms with Gasteiger partial charge in [-0.15, -0.1) is 0 Å². The van der Waals surface area contributed by atoms with Gasteiger partial charge in [-0.1, -0.05) is 66.7 Å². The van der Waals surface area contributed by atoms with Crippen LogP contribution in [0.15, 0.2) is 88.8 Å². The van der Waals surface area contributed by atoms with E-state index in [1.54, 1.807) is 0 Å². The SMILES string of the molecule is c1ccc([C@H]2OC(c3cccc(C4=NCCO4)n3)=N[C@H]2c2ccccc2)cc1. The van der Waals surface area contributed by atoms with Crippen LogP contribution >= 0.6 is 0 Å². The summed E-state index contributed by atoms with van der Waals surface area (Å²) in [5.74, 6) is 1.13. The molecule has 0 radical (unpaired) electrons. The molecule has 5 heteroatoms. The molecule has 0 fully saturated rings. The Kier molecular flexibility index (Phi) is 4.33. The summed E-state index contributed by atoms with van der Waals surface area (Å²) in [6.07, 6.45) is -0.191. The summed E-state index contributed by atoms with van der Waals surface area (Å²) in [4.78, 5) is 13.9. The van der Waals surface area contributed by atoms with Crippen molar-refractivity contribution in [2.75, 3.05) is 13.2 Å². The van der Waals surface area contributed by atoms with Crippen molar-refractivity contribution in [3.05, 3.63) is 101 Å². The minimum Gasteiger partial charge on any atom is -0.474 e. The van der Waals surface area contributed by atoms with Crippen molar-refractivity contribution < 1.29 is 9.47 Å². The molecular formula is C23H19N3O2. The Balaban J connectivity index is 1.52. The molecule has 2 aliphatic heterocycles. The highest BCUT2D eigenvalue weighted by Crippen LogP contribution is 2.40. The first-order chi connectivity index (χ1) is 13.9. The fourth-order valence-corrected chi connectivity index (χ4v) is 3.49. The molecule has 1 aromatic heterocycles. The normalized spacial score (nSPS) is 20.9. The maximum Gasteiger partial charge on any atom is 0.236 e. The first-order valence-corrected chi connectivity index (χ1v) is 9.38. The van der Waals surface area contributed by atoms with Gasteiger partial charge in [0.15, 0.2) is 6.10 Å². The molecule has 5 nitrogen and oxygen atoms in total. The predicted molar refractivity (Wildman–Crippen MR) is 108 cm³/mol. The number of pyridine rings is 1. The third-order valence-corrected chi connectivity index (χ3v) is 4.82. The molecule has 3 aromatic rings. The Morgan fingerprint density at radius 1 is 0.714 bits per heavy atom. The van der Waals surface area contributed by atoms with Gasteiger partial charge in [-0.2, -0.15) is 0 Å². The Morgan fingerprint density at radius 3 is 2.07 bits per heavy atom. The van der Waals surface area contributed by atoms with E-state index in [2.05, 4.69) is 34.2 Å². The molecule has 28 heavy (non-hydrogen) atoms. The van der Waals surface area contributed by atoms with Crippen molar-refractivity contribution in [1.29, 1.82) is 0 Å². The zero-order valence-electron chi connectivity index (χ0n) is 15.2. The van der Waals surface area contributed by atoms with E-state index in [1.807, 2.05) is 54.6 Å². The van der Waals surface area contributed by atoms with Gasteiger partial charge in [-0.25, -0.2) is 15.0 Å². The lowest BCUT2D eigenvalue weighted by atomic mass is 9.97. The quantitative estimate of drug-likeness (QED) is 0.695. The molecule has 0 N–H and O–H groups in total. The lowest BCUT2D eigenvalue weighted by molar-refractivity contribution is 0.196. The van der Waals surface area contributed by atoms with Crippen LogP contribution in [-0.2, 0) is 9.47 Å². The van der Waals surface area contributed by atoms with E-state index in [0.29, 0.717) is 36.3 Å². The number of nitrogens with zero attached hydrogens (tertiary/aromatic N) is 3. The van der Waals surface area contributed by atoms with Crippen LogP contribution < -0.4 is 0 Å². The number of aliphatic imine (C=N–C) groups is 2. The number of rotatable bonds is 4. The van der Waals surface area contributed by atoms with Crippen molar-refractivity contribution in [3.8, 4) is 0 Å². The molecule has 0 amide bonds. The highest BCUT2D eigenvalue weighted by atomic mass is 16.5. The van der Waals surface area contributed by atoms with Gasteiger partial charge in [0.1, 0.15) is 24.0 Å². The molecule has 2 aromatic carbocycles. The molecule has 0 aliphatic carbocycles. The van der Waals surface area contributed by atoms with Gasteiger partial charge in [0.2, 0.25) is 11.8 Å². The van der Waals surface area contributed by atoms with Crippen LogP contribution in [0.2, 0.25) is 0 Å². The van der Waals surface area contributed by atoms with Gasteiger partial charge in [0.05, 0.1) is 6.54 Å². The fourth-order valence-electron chi connectivity index (χ4n) is 3.49. The van der Waals surface area contributed by atoms with Crippen LogP contribution in [0.5, 0.6) is 0 Å². The molecule has 2 atom stereocenters. The van der Waals surface area contributed by atoms with E-state index in [9.17, 15) is 0 Å². The van der Waals surface area contributed by atoms with Crippen molar-refractivity contribution in [1.82, 2.24) is 4.98 Å². The number of benzene rings is 2. The van der Waals surface area contributed by atoms with E-state index in [0.717, 1.165) is 11.1 Å². The van der Waals surface area contributed by atoms with Gasteiger partial charge in [-0.05, 0) is 23.3 Å². The minimum atomic E-state index is -0.191. The molecule has 0 saturated carbocycles. The first-order valence-electron chi connectivity index (χ1n) is 9.38. The Bertz CT molecular complexity index is 1030. The number of aromatic nitrogens is 1. The summed E-state index contributed by atoms with van der Waals surface area (Å²) in [6, 6.07) is 26.0. The van der Waals surface area contributed by atoms with E-state index in [-0.39, 0.29) is 12.1 Å². The van der Waals surface area contributed by atoms with Gasteiger partial charge >= 0.3 is 0 Å². The smallest absolute Gasteiger partial charge is 0.236 e. The largest absolute Gasteiger partial charge is 0.474 e. The first kappa shape index (κ1) is 16.7. The summed E-state index contributed by atoms with van der Waals surface area (Å²) in [6.45, 7) is 1.27. The topological polar surface area (TPSA) is 56.1 Å². The predicted octanol–water partition coefficient (Wildman–Crippen LogP) is 4.12. The van der Waals surface area contributed by atoms with Gasteiger partial charge < -0.3 is 9.47 Å². The summed E-state index contributed by atoms with van der Waals surface area (Å²) in [5.41, 5.74) is 3.61. The monoisotopic (exact) mass is 369 g/mol. The van der Waals surface area contributed by atoms with Crippen molar-refractivity contribution >= 4 is 11.8 Å².